The molecule has 0 aromatic carbocycles. The Morgan fingerprint density at radius 2 is 2.67 bits per heavy atom. The molecule has 64 valence electrons. The topological polar surface area (TPSA) is 61.9 Å². The summed E-state index contributed by atoms with van der Waals surface area (Å²) in [5, 5.41) is 6.59. The Bertz CT molecular complexity index is 258. The van der Waals surface area contributed by atoms with Crippen molar-refractivity contribution in [2.75, 3.05) is 13.1 Å². The Hall–Kier alpha value is -1.39. The first-order valence-corrected chi connectivity index (χ1v) is 3.95. The number of aromatic amines is 1. The molecule has 1 atom stereocenters. The lowest BCUT2D eigenvalue weighted by atomic mass is 10.1. The molecule has 1 aromatic heterocycles. The molecule has 0 radical (unpaired) electrons. The maximum Gasteiger partial charge on any atom is 0.209 e. The van der Waals surface area contributed by atoms with Crippen molar-refractivity contribution in [3.05, 3.63) is 12.2 Å². The van der Waals surface area contributed by atoms with E-state index < -0.39 is 0 Å². The van der Waals surface area contributed by atoms with E-state index in [0.29, 0.717) is 5.92 Å². The summed E-state index contributed by atoms with van der Waals surface area (Å²) in [6, 6.07) is 0. The molecular formula is C7H10N4O. The van der Waals surface area contributed by atoms with Crippen molar-refractivity contribution in [2.24, 2.45) is 0 Å². The average Bonchev–Trinajstić information content (AvgIpc) is 2.75. The van der Waals surface area contributed by atoms with Crippen LogP contribution < -0.4 is 0 Å². The van der Waals surface area contributed by atoms with E-state index >= 15 is 0 Å². The molecule has 1 N–H and O–H groups in total. The number of rotatable bonds is 2. The molecule has 1 aromatic rings. The molecule has 1 unspecified atom stereocenters. The van der Waals surface area contributed by atoms with Crippen LogP contribution in [0.5, 0.6) is 0 Å². The maximum atomic E-state index is 10.4. The Balaban J connectivity index is 2.04. The van der Waals surface area contributed by atoms with Gasteiger partial charge in [0.25, 0.3) is 0 Å². The fourth-order valence-corrected chi connectivity index (χ4v) is 1.52. The molecule has 2 heterocycles. The number of likely N-dealkylation sites (tertiary alicyclic amines) is 1. The highest BCUT2D eigenvalue weighted by molar-refractivity contribution is 5.47. The first-order chi connectivity index (χ1) is 5.90. The van der Waals surface area contributed by atoms with E-state index in [1.807, 2.05) is 0 Å². The number of amides is 1. The largest absolute Gasteiger partial charge is 0.345 e. The van der Waals surface area contributed by atoms with Gasteiger partial charge in [-0.2, -0.15) is 5.10 Å². The van der Waals surface area contributed by atoms with Gasteiger partial charge in [-0.3, -0.25) is 9.89 Å². The number of carbonyl (C=O) groups is 1. The maximum absolute atomic E-state index is 10.4. The normalized spacial score (nSPS) is 23.0. The minimum atomic E-state index is 0.345. The fourth-order valence-electron chi connectivity index (χ4n) is 1.52. The highest BCUT2D eigenvalue weighted by Crippen LogP contribution is 2.22. The number of carbonyl (C=O) groups excluding carboxylic acids is 1. The van der Waals surface area contributed by atoms with Gasteiger partial charge in [-0.25, -0.2) is 4.98 Å². The zero-order chi connectivity index (χ0) is 8.39. The molecule has 0 spiro atoms. The summed E-state index contributed by atoms with van der Waals surface area (Å²) in [4.78, 5) is 16.2. The second-order valence-electron chi connectivity index (χ2n) is 2.96. The molecule has 1 amide bonds. The molecule has 12 heavy (non-hydrogen) atoms. The van der Waals surface area contributed by atoms with Crippen molar-refractivity contribution in [1.82, 2.24) is 20.1 Å². The van der Waals surface area contributed by atoms with Crippen LogP contribution in [0.4, 0.5) is 0 Å². The number of hydrogen-bond acceptors (Lipinski definition) is 3. The van der Waals surface area contributed by atoms with Crippen molar-refractivity contribution in [3.63, 3.8) is 0 Å². The van der Waals surface area contributed by atoms with Crippen LogP contribution in [0.1, 0.15) is 18.2 Å². The van der Waals surface area contributed by atoms with E-state index in [1.165, 1.54) is 6.33 Å². The zero-order valence-corrected chi connectivity index (χ0v) is 6.60. The predicted molar refractivity (Wildman–Crippen MR) is 41.4 cm³/mol. The summed E-state index contributed by atoms with van der Waals surface area (Å²) in [6.07, 6.45) is 3.36. The summed E-state index contributed by atoms with van der Waals surface area (Å²) < 4.78 is 0. The lowest BCUT2D eigenvalue weighted by molar-refractivity contribution is -0.117. The molecule has 0 saturated carbocycles. The van der Waals surface area contributed by atoms with Gasteiger partial charge in [0.2, 0.25) is 6.41 Å². The quantitative estimate of drug-likeness (QED) is 0.616. The number of H-pyrrole nitrogens is 1. The summed E-state index contributed by atoms with van der Waals surface area (Å²) in [5.74, 6) is 1.23. The third-order valence-electron chi connectivity index (χ3n) is 2.19. The van der Waals surface area contributed by atoms with Crippen LogP contribution in [0.15, 0.2) is 6.33 Å². The first-order valence-electron chi connectivity index (χ1n) is 3.95. The molecule has 1 fully saturated rings. The van der Waals surface area contributed by atoms with Crippen LogP contribution in [-0.4, -0.2) is 39.6 Å². The second kappa shape index (κ2) is 2.92. The number of hydrogen-bond donors (Lipinski definition) is 1. The summed E-state index contributed by atoms with van der Waals surface area (Å²) in [7, 11) is 0. The van der Waals surface area contributed by atoms with Crippen LogP contribution in [0.2, 0.25) is 0 Å². The average molecular weight is 166 g/mol. The van der Waals surface area contributed by atoms with Crippen molar-refractivity contribution >= 4 is 6.41 Å². The Labute approximate surface area is 69.8 Å². The van der Waals surface area contributed by atoms with Crippen LogP contribution >= 0.6 is 0 Å². The molecule has 5 heteroatoms. The first kappa shape index (κ1) is 7.27. The zero-order valence-electron chi connectivity index (χ0n) is 6.60. The Kier molecular flexibility index (Phi) is 1.77. The van der Waals surface area contributed by atoms with Gasteiger partial charge in [-0.15, -0.1) is 0 Å². The molecule has 2 rings (SSSR count). The lowest BCUT2D eigenvalue weighted by Gasteiger charge is -2.06. The van der Waals surface area contributed by atoms with Gasteiger partial charge in [0.15, 0.2) is 0 Å². The van der Waals surface area contributed by atoms with Gasteiger partial charge < -0.3 is 4.90 Å². The standard InChI is InChI=1S/C7H10N4O/c12-5-11-2-1-6(3-11)7-8-4-9-10-7/h4-6H,1-3H2,(H,8,9,10). The van der Waals surface area contributed by atoms with E-state index in [-0.39, 0.29) is 0 Å². The van der Waals surface area contributed by atoms with Crippen molar-refractivity contribution < 1.29 is 4.79 Å². The highest BCUT2D eigenvalue weighted by Gasteiger charge is 2.24. The summed E-state index contributed by atoms with van der Waals surface area (Å²) in [5.41, 5.74) is 0. The van der Waals surface area contributed by atoms with Gasteiger partial charge in [0.1, 0.15) is 12.2 Å². The monoisotopic (exact) mass is 166 g/mol. The smallest absolute Gasteiger partial charge is 0.209 e. The van der Waals surface area contributed by atoms with Crippen molar-refractivity contribution in [3.8, 4) is 0 Å². The number of aromatic nitrogens is 3. The van der Waals surface area contributed by atoms with Crippen LogP contribution in [0.3, 0.4) is 0 Å². The van der Waals surface area contributed by atoms with E-state index in [9.17, 15) is 4.79 Å². The van der Waals surface area contributed by atoms with E-state index in [4.69, 9.17) is 0 Å². The minimum Gasteiger partial charge on any atom is -0.345 e. The number of nitrogens with zero attached hydrogens (tertiary/aromatic N) is 3. The van der Waals surface area contributed by atoms with Gasteiger partial charge in [0.05, 0.1) is 0 Å². The predicted octanol–water partition coefficient (Wildman–Crippen LogP) is -0.250. The fraction of sp³-hybridized carbons (Fsp3) is 0.571. The van der Waals surface area contributed by atoms with E-state index in [1.54, 1.807) is 4.90 Å². The number of nitrogens with one attached hydrogen (secondary N) is 1. The molecule has 0 aliphatic carbocycles. The Morgan fingerprint density at radius 1 is 1.75 bits per heavy atom. The molecule has 1 aliphatic rings. The van der Waals surface area contributed by atoms with Gasteiger partial charge in [0, 0.05) is 19.0 Å². The third-order valence-corrected chi connectivity index (χ3v) is 2.19. The second-order valence-corrected chi connectivity index (χ2v) is 2.96. The molecule has 1 saturated heterocycles. The third kappa shape index (κ3) is 1.17. The van der Waals surface area contributed by atoms with E-state index in [0.717, 1.165) is 31.7 Å². The van der Waals surface area contributed by atoms with Gasteiger partial charge in [-0.1, -0.05) is 0 Å². The van der Waals surface area contributed by atoms with Crippen molar-refractivity contribution in [2.45, 2.75) is 12.3 Å². The van der Waals surface area contributed by atoms with Crippen LogP contribution in [0.25, 0.3) is 0 Å². The van der Waals surface area contributed by atoms with Crippen LogP contribution in [-0.2, 0) is 4.79 Å². The minimum absolute atomic E-state index is 0.345. The van der Waals surface area contributed by atoms with Crippen LogP contribution in [0, 0.1) is 0 Å². The lowest BCUT2D eigenvalue weighted by Crippen LogP contribution is -2.17. The highest BCUT2D eigenvalue weighted by atomic mass is 16.1. The van der Waals surface area contributed by atoms with Crippen molar-refractivity contribution in [1.29, 1.82) is 0 Å². The molecule has 5 nitrogen and oxygen atoms in total. The molecule has 0 bridgehead atoms. The summed E-state index contributed by atoms with van der Waals surface area (Å²) in [6.45, 7) is 1.59. The van der Waals surface area contributed by atoms with Gasteiger partial charge in [-0.05, 0) is 6.42 Å². The Morgan fingerprint density at radius 3 is 3.25 bits per heavy atom. The van der Waals surface area contributed by atoms with E-state index in [2.05, 4.69) is 15.2 Å². The van der Waals surface area contributed by atoms with Gasteiger partial charge >= 0.3 is 0 Å². The summed E-state index contributed by atoms with van der Waals surface area (Å²) >= 11 is 0. The molecular weight excluding hydrogens is 156 g/mol. The molecule has 1 aliphatic heterocycles. The SMILES string of the molecule is O=CN1CCC(c2ncn[nH]2)C1.